The van der Waals surface area contributed by atoms with Crippen molar-refractivity contribution < 1.29 is 15.1 Å². The molecule has 0 saturated heterocycles. The van der Waals surface area contributed by atoms with Crippen molar-refractivity contribution in [1.82, 2.24) is 5.06 Å². The molecule has 0 spiro atoms. The normalized spacial score (nSPS) is 9.86. The maximum atomic E-state index is 11.5. The van der Waals surface area contributed by atoms with Crippen molar-refractivity contribution >= 4 is 5.91 Å². The first-order valence-electron chi connectivity index (χ1n) is 4.45. The van der Waals surface area contributed by atoms with Gasteiger partial charge in [-0.05, 0) is 24.6 Å². The standard InChI is InChI=1S/C10H13NO3/c1-2-6-11(14)10(13)8-4-3-5-9(12)7-8/h3-5,7,12,14H,2,6H2,1H3. The highest BCUT2D eigenvalue weighted by atomic mass is 16.5. The molecule has 0 aliphatic heterocycles. The zero-order chi connectivity index (χ0) is 10.6. The topological polar surface area (TPSA) is 60.8 Å². The van der Waals surface area contributed by atoms with E-state index in [-0.39, 0.29) is 17.9 Å². The number of hydrogen-bond acceptors (Lipinski definition) is 3. The number of aromatic hydroxyl groups is 1. The summed E-state index contributed by atoms with van der Waals surface area (Å²) in [6, 6.07) is 5.89. The minimum absolute atomic E-state index is 0.0146. The lowest BCUT2D eigenvalue weighted by molar-refractivity contribution is -0.0578. The zero-order valence-electron chi connectivity index (χ0n) is 7.97. The molecule has 0 saturated carbocycles. The van der Waals surface area contributed by atoms with Crippen LogP contribution in [0, 0.1) is 0 Å². The van der Waals surface area contributed by atoms with Gasteiger partial charge in [0.25, 0.3) is 5.91 Å². The van der Waals surface area contributed by atoms with E-state index < -0.39 is 5.91 Å². The largest absolute Gasteiger partial charge is 0.508 e. The molecule has 4 heteroatoms. The molecular weight excluding hydrogens is 182 g/mol. The van der Waals surface area contributed by atoms with E-state index >= 15 is 0 Å². The highest BCUT2D eigenvalue weighted by Gasteiger charge is 2.12. The fourth-order valence-corrected chi connectivity index (χ4v) is 1.10. The van der Waals surface area contributed by atoms with Crippen LogP contribution in [-0.4, -0.2) is 27.8 Å². The number of nitrogens with zero attached hydrogens (tertiary/aromatic N) is 1. The minimum atomic E-state index is -0.497. The summed E-state index contributed by atoms with van der Waals surface area (Å²) in [7, 11) is 0. The number of phenolic OH excluding ortho intramolecular Hbond substituents is 1. The molecule has 0 atom stereocenters. The van der Waals surface area contributed by atoms with Crippen molar-refractivity contribution in [1.29, 1.82) is 0 Å². The predicted octanol–water partition coefficient (Wildman–Crippen LogP) is 1.63. The molecule has 1 amide bonds. The van der Waals surface area contributed by atoms with Gasteiger partial charge in [0.15, 0.2) is 0 Å². The molecule has 14 heavy (non-hydrogen) atoms. The summed E-state index contributed by atoms with van der Waals surface area (Å²) in [5.74, 6) is -0.483. The van der Waals surface area contributed by atoms with E-state index in [4.69, 9.17) is 5.11 Å². The Morgan fingerprint density at radius 1 is 1.50 bits per heavy atom. The minimum Gasteiger partial charge on any atom is -0.508 e. The van der Waals surface area contributed by atoms with Crippen LogP contribution >= 0.6 is 0 Å². The third kappa shape index (κ3) is 2.47. The number of hydroxylamine groups is 2. The van der Waals surface area contributed by atoms with Crippen LogP contribution in [0.2, 0.25) is 0 Å². The SMILES string of the molecule is CCCN(O)C(=O)c1cccc(O)c1. The summed E-state index contributed by atoms with van der Waals surface area (Å²) in [6.45, 7) is 2.15. The molecule has 0 aromatic heterocycles. The zero-order valence-corrected chi connectivity index (χ0v) is 7.97. The second kappa shape index (κ2) is 4.62. The maximum Gasteiger partial charge on any atom is 0.277 e. The van der Waals surface area contributed by atoms with Crippen molar-refractivity contribution in [2.75, 3.05) is 6.54 Å². The lowest BCUT2D eigenvalue weighted by Crippen LogP contribution is -2.27. The van der Waals surface area contributed by atoms with Crippen molar-refractivity contribution in [2.45, 2.75) is 13.3 Å². The molecule has 1 rings (SSSR count). The highest BCUT2D eigenvalue weighted by molar-refractivity contribution is 5.93. The maximum absolute atomic E-state index is 11.5. The quantitative estimate of drug-likeness (QED) is 0.569. The molecule has 0 aliphatic carbocycles. The van der Waals surface area contributed by atoms with Crippen molar-refractivity contribution in [3.05, 3.63) is 29.8 Å². The van der Waals surface area contributed by atoms with Gasteiger partial charge in [0.05, 0.1) is 0 Å². The van der Waals surface area contributed by atoms with Crippen LogP contribution in [0.1, 0.15) is 23.7 Å². The second-order valence-electron chi connectivity index (χ2n) is 2.98. The smallest absolute Gasteiger partial charge is 0.277 e. The molecule has 1 aromatic carbocycles. The highest BCUT2D eigenvalue weighted by Crippen LogP contribution is 2.12. The van der Waals surface area contributed by atoms with Gasteiger partial charge in [-0.15, -0.1) is 0 Å². The first-order valence-corrected chi connectivity index (χ1v) is 4.45. The van der Waals surface area contributed by atoms with E-state index in [2.05, 4.69) is 0 Å². The van der Waals surface area contributed by atoms with Gasteiger partial charge in [-0.1, -0.05) is 13.0 Å². The molecule has 76 valence electrons. The van der Waals surface area contributed by atoms with Crippen LogP contribution < -0.4 is 0 Å². The van der Waals surface area contributed by atoms with Crippen molar-refractivity contribution in [2.24, 2.45) is 0 Å². The number of carbonyl (C=O) groups is 1. The van der Waals surface area contributed by atoms with E-state index in [1.54, 1.807) is 12.1 Å². The fraction of sp³-hybridized carbons (Fsp3) is 0.300. The number of benzene rings is 1. The molecule has 0 fully saturated rings. The van der Waals surface area contributed by atoms with Gasteiger partial charge >= 0.3 is 0 Å². The number of phenols is 1. The third-order valence-electron chi connectivity index (χ3n) is 1.76. The van der Waals surface area contributed by atoms with Gasteiger partial charge in [0, 0.05) is 12.1 Å². The first-order chi connectivity index (χ1) is 6.65. The average Bonchev–Trinajstić information content (AvgIpc) is 2.17. The van der Waals surface area contributed by atoms with E-state index in [0.717, 1.165) is 0 Å². The Kier molecular flexibility index (Phi) is 3.48. The Morgan fingerprint density at radius 2 is 2.21 bits per heavy atom. The van der Waals surface area contributed by atoms with E-state index in [1.165, 1.54) is 12.1 Å². The van der Waals surface area contributed by atoms with Gasteiger partial charge < -0.3 is 5.11 Å². The molecule has 0 heterocycles. The van der Waals surface area contributed by atoms with E-state index in [1.807, 2.05) is 6.92 Å². The van der Waals surface area contributed by atoms with Crippen LogP contribution in [0.25, 0.3) is 0 Å². The summed E-state index contributed by atoms with van der Waals surface area (Å²) >= 11 is 0. The van der Waals surface area contributed by atoms with E-state index in [9.17, 15) is 10.0 Å². The van der Waals surface area contributed by atoms with E-state index in [0.29, 0.717) is 11.5 Å². The molecule has 0 radical (unpaired) electrons. The van der Waals surface area contributed by atoms with Crippen LogP contribution in [0.5, 0.6) is 5.75 Å². The van der Waals surface area contributed by atoms with Gasteiger partial charge in [0.2, 0.25) is 0 Å². The second-order valence-corrected chi connectivity index (χ2v) is 2.98. The average molecular weight is 195 g/mol. The Balaban J connectivity index is 2.78. The number of amides is 1. The van der Waals surface area contributed by atoms with Gasteiger partial charge in [-0.25, -0.2) is 5.06 Å². The molecule has 0 bridgehead atoms. The summed E-state index contributed by atoms with van der Waals surface area (Å²) < 4.78 is 0. The number of rotatable bonds is 3. The Morgan fingerprint density at radius 3 is 2.79 bits per heavy atom. The van der Waals surface area contributed by atoms with Crippen molar-refractivity contribution in [3.8, 4) is 5.75 Å². The van der Waals surface area contributed by atoms with Crippen LogP contribution in [0.3, 0.4) is 0 Å². The summed E-state index contributed by atoms with van der Waals surface area (Å²) in [4.78, 5) is 11.5. The predicted molar refractivity (Wildman–Crippen MR) is 51.2 cm³/mol. The molecule has 4 nitrogen and oxygen atoms in total. The Bertz CT molecular complexity index is 325. The lowest BCUT2D eigenvalue weighted by Gasteiger charge is -2.13. The lowest BCUT2D eigenvalue weighted by atomic mass is 10.2. The Labute approximate surface area is 82.4 Å². The number of hydrogen-bond donors (Lipinski definition) is 2. The van der Waals surface area contributed by atoms with Gasteiger partial charge in [-0.2, -0.15) is 0 Å². The monoisotopic (exact) mass is 195 g/mol. The Hall–Kier alpha value is -1.55. The summed E-state index contributed by atoms with van der Waals surface area (Å²) in [5, 5.41) is 19.0. The van der Waals surface area contributed by atoms with Crippen LogP contribution in [0.4, 0.5) is 0 Å². The number of carbonyl (C=O) groups excluding carboxylic acids is 1. The molecule has 0 unspecified atom stereocenters. The van der Waals surface area contributed by atoms with Crippen molar-refractivity contribution in [3.63, 3.8) is 0 Å². The molecular formula is C10H13NO3. The molecule has 0 aliphatic rings. The van der Waals surface area contributed by atoms with Crippen LogP contribution in [0.15, 0.2) is 24.3 Å². The molecule has 1 aromatic rings. The fourth-order valence-electron chi connectivity index (χ4n) is 1.10. The third-order valence-corrected chi connectivity index (χ3v) is 1.76. The summed E-state index contributed by atoms with van der Waals surface area (Å²) in [6.07, 6.45) is 0.682. The van der Waals surface area contributed by atoms with Gasteiger partial charge in [-0.3, -0.25) is 10.0 Å². The van der Waals surface area contributed by atoms with Crippen LogP contribution in [-0.2, 0) is 0 Å². The molecule has 2 N–H and O–H groups in total. The van der Waals surface area contributed by atoms with Gasteiger partial charge in [0.1, 0.15) is 5.75 Å². The first kappa shape index (κ1) is 10.5. The summed E-state index contributed by atoms with van der Waals surface area (Å²) in [5.41, 5.74) is 0.279.